The quantitative estimate of drug-likeness (QED) is 0.617. The van der Waals surface area contributed by atoms with Gasteiger partial charge in [-0.25, -0.2) is 4.98 Å². The Balaban J connectivity index is 2.05. The van der Waals surface area contributed by atoms with E-state index < -0.39 is 0 Å². The van der Waals surface area contributed by atoms with Crippen LogP contribution < -0.4 is 14.9 Å². The molecule has 1 N–H and O–H groups in total. The molecule has 118 valence electrons. The maximum atomic E-state index is 5.82. The molecule has 0 spiro atoms. The van der Waals surface area contributed by atoms with E-state index in [9.17, 15) is 0 Å². The van der Waals surface area contributed by atoms with Crippen LogP contribution in [0.15, 0.2) is 28.7 Å². The number of methoxy groups -OCH3 is 1. The van der Waals surface area contributed by atoms with Crippen molar-refractivity contribution in [2.75, 3.05) is 12.5 Å². The van der Waals surface area contributed by atoms with Gasteiger partial charge in [0.2, 0.25) is 5.13 Å². The van der Waals surface area contributed by atoms with Crippen LogP contribution in [-0.4, -0.2) is 24.4 Å². The Morgan fingerprint density at radius 1 is 1.41 bits per heavy atom. The summed E-state index contributed by atoms with van der Waals surface area (Å²) >= 11 is 1.52. The molecule has 0 saturated heterocycles. The van der Waals surface area contributed by atoms with Gasteiger partial charge in [-0.2, -0.15) is 5.10 Å². The van der Waals surface area contributed by atoms with Crippen LogP contribution in [0.1, 0.15) is 31.5 Å². The van der Waals surface area contributed by atoms with E-state index in [0.717, 1.165) is 28.6 Å². The second kappa shape index (κ2) is 7.79. The van der Waals surface area contributed by atoms with Crippen LogP contribution >= 0.6 is 11.3 Å². The number of hydrazone groups is 1. The fourth-order valence-electron chi connectivity index (χ4n) is 1.73. The zero-order chi connectivity index (χ0) is 15.9. The third kappa shape index (κ3) is 4.46. The average molecular weight is 319 g/mol. The molecular formula is C16H21N3O2S. The van der Waals surface area contributed by atoms with E-state index in [1.165, 1.54) is 11.3 Å². The number of thiazole rings is 1. The van der Waals surface area contributed by atoms with E-state index in [-0.39, 0.29) is 6.10 Å². The molecule has 0 aliphatic heterocycles. The standard InChI is InChI=1S/C16H21N3O2S/c1-5-12(3)21-14-7-6-13(8-15(14)20-4)9-17-19-16-18-11(2)10-22-16/h6-10,12H,5H2,1-4H3,(H,18,19). The highest BCUT2D eigenvalue weighted by molar-refractivity contribution is 7.13. The number of hydrogen-bond acceptors (Lipinski definition) is 6. The van der Waals surface area contributed by atoms with Crippen LogP contribution in [0, 0.1) is 6.92 Å². The lowest BCUT2D eigenvalue weighted by atomic mass is 10.2. The van der Waals surface area contributed by atoms with Gasteiger partial charge in [-0.3, -0.25) is 5.43 Å². The lowest BCUT2D eigenvalue weighted by Gasteiger charge is -2.15. The number of anilines is 1. The van der Waals surface area contributed by atoms with Gasteiger partial charge in [-0.15, -0.1) is 11.3 Å². The number of nitrogens with one attached hydrogen (secondary N) is 1. The maximum Gasteiger partial charge on any atom is 0.203 e. The molecule has 1 aromatic carbocycles. The van der Waals surface area contributed by atoms with E-state index in [0.29, 0.717) is 5.75 Å². The number of hydrogen-bond donors (Lipinski definition) is 1. The first-order valence-electron chi connectivity index (χ1n) is 7.18. The molecule has 0 fully saturated rings. The number of benzene rings is 1. The molecule has 0 radical (unpaired) electrons. The van der Waals surface area contributed by atoms with Crippen molar-refractivity contribution >= 4 is 22.7 Å². The molecule has 1 atom stereocenters. The average Bonchev–Trinajstić information content (AvgIpc) is 2.93. The highest BCUT2D eigenvalue weighted by Crippen LogP contribution is 2.28. The highest BCUT2D eigenvalue weighted by Gasteiger charge is 2.08. The van der Waals surface area contributed by atoms with Crippen LogP contribution in [-0.2, 0) is 0 Å². The lowest BCUT2D eigenvalue weighted by molar-refractivity contribution is 0.207. The minimum Gasteiger partial charge on any atom is -0.493 e. The summed E-state index contributed by atoms with van der Waals surface area (Å²) in [5.74, 6) is 1.45. The van der Waals surface area contributed by atoms with E-state index in [4.69, 9.17) is 9.47 Å². The van der Waals surface area contributed by atoms with Gasteiger partial charge in [0.05, 0.1) is 25.1 Å². The molecule has 2 aromatic rings. The van der Waals surface area contributed by atoms with Crippen LogP contribution in [0.4, 0.5) is 5.13 Å². The van der Waals surface area contributed by atoms with Crippen LogP contribution in [0.5, 0.6) is 11.5 Å². The summed E-state index contributed by atoms with van der Waals surface area (Å²) in [4.78, 5) is 4.28. The Bertz CT molecular complexity index is 640. The molecular weight excluding hydrogens is 298 g/mol. The van der Waals surface area contributed by atoms with Gasteiger partial charge in [0, 0.05) is 5.38 Å². The van der Waals surface area contributed by atoms with Gasteiger partial charge in [0.25, 0.3) is 0 Å². The van der Waals surface area contributed by atoms with Gasteiger partial charge in [0.15, 0.2) is 11.5 Å². The first-order valence-corrected chi connectivity index (χ1v) is 8.06. The Kier molecular flexibility index (Phi) is 5.77. The van der Waals surface area contributed by atoms with Crippen molar-refractivity contribution in [3.8, 4) is 11.5 Å². The zero-order valence-electron chi connectivity index (χ0n) is 13.3. The Labute approximate surface area is 135 Å². The van der Waals surface area contributed by atoms with Gasteiger partial charge in [-0.1, -0.05) is 6.92 Å². The van der Waals surface area contributed by atoms with Crippen molar-refractivity contribution in [3.05, 3.63) is 34.8 Å². The zero-order valence-corrected chi connectivity index (χ0v) is 14.1. The number of aromatic nitrogens is 1. The third-order valence-electron chi connectivity index (χ3n) is 3.08. The number of nitrogens with zero attached hydrogens (tertiary/aromatic N) is 2. The van der Waals surface area contributed by atoms with Crippen molar-refractivity contribution < 1.29 is 9.47 Å². The minimum absolute atomic E-state index is 0.156. The van der Waals surface area contributed by atoms with Crippen molar-refractivity contribution in [1.82, 2.24) is 4.98 Å². The molecule has 0 amide bonds. The molecule has 1 aromatic heterocycles. The van der Waals surface area contributed by atoms with Crippen LogP contribution in [0.25, 0.3) is 0 Å². The maximum absolute atomic E-state index is 5.82. The lowest BCUT2D eigenvalue weighted by Crippen LogP contribution is -2.10. The minimum atomic E-state index is 0.156. The predicted molar refractivity (Wildman–Crippen MR) is 91.4 cm³/mol. The van der Waals surface area contributed by atoms with E-state index >= 15 is 0 Å². The largest absolute Gasteiger partial charge is 0.493 e. The summed E-state index contributed by atoms with van der Waals surface area (Å²) in [5, 5.41) is 6.93. The van der Waals surface area contributed by atoms with Crippen LogP contribution in [0.3, 0.4) is 0 Å². The molecule has 5 nitrogen and oxygen atoms in total. The molecule has 1 unspecified atom stereocenters. The Hall–Kier alpha value is -2.08. The van der Waals surface area contributed by atoms with Crippen LogP contribution in [0.2, 0.25) is 0 Å². The second-order valence-corrected chi connectivity index (χ2v) is 5.77. The fourth-order valence-corrected chi connectivity index (χ4v) is 2.37. The van der Waals surface area contributed by atoms with Crippen molar-refractivity contribution in [2.24, 2.45) is 5.10 Å². The number of aryl methyl sites for hydroxylation is 1. The summed E-state index contributed by atoms with van der Waals surface area (Å²) in [6, 6.07) is 5.74. The van der Waals surface area contributed by atoms with Crippen molar-refractivity contribution in [3.63, 3.8) is 0 Å². The summed E-state index contributed by atoms with van der Waals surface area (Å²) in [6.07, 6.45) is 2.83. The molecule has 1 heterocycles. The van der Waals surface area contributed by atoms with Gasteiger partial charge in [0.1, 0.15) is 0 Å². The van der Waals surface area contributed by atoms with Gasteiger partial charge in [-0.05, 0) is 44.0 Å². The van der Waals surface area contributed by atoms with Crippen molar-refractivity contribution in [2.45, 2.75) is 33.3 Å². The number of ether oxygens (including phenoxy) is 2. The normalized spacial score (nSPS) is 12.4. The highest BCUT2D eigenvalue weighted by atomic mass is 32.1. The topological polar surface area (TPSA) is 55.7 Å². The third-order valence-corrected chi connectivity index (χ3v) is 3.95. The smallest absolute Gasteiger partial charge is 0.203 e. The summed E-state index contributed by atoms with van der Waals surface area (Å²) < 4.78 is 11.2. The predicted octanol–water partition coefficient (Wildman–Crippen LogP) is 4.08. The van der Waals surface area contributed by atoms with Gasteiger partial charge < -0.3 is 9.47 Å². The molecule has 0 aliphatic carbocycles. The molecule has 6 heteroatoms. The summed E-state index contributed by atoms with van der Waals surface area (Å²) in [5.41, 5.74) is 4.82. The molecule has 0 aliphatic rings. The first kappa shape index (κ1) is 16.3. The van der Waals surface area contributed by atoms with Gasteiger partial charge >= 0.3 is 0 Å². The summed E-state index contributed by atoms with van der Waals surface area (Å²) in [7, 11) is 1.64. The number of rotatable bonds is 7. The Morgan fingerprint density at radius 3 is 2.86 bits per heavy atom. The van der Waals surface area contributed by atoms with Crippen molar-refractivity contribution in [1.29, 1.82) is 0 Å². The van der Waals surface area contributed by atoms with E-state index in [2.05, 4.69) is 22.4 Å². The Morgan fingerprint density at radius 2 is 2.23 bits per heavy atom. The van der Waals surface area contributed by atoms with E-state index in [1.54, 1.807) is 13.3 Å². The summed E-state index contributed by atoms with van der Waals surface area (Å²) in [6.45, 7) is 6.07. The fraction of sp³-hybridized carbons (Fsp3) is 0.375. The molecule has 22 heavy (non-hydrogen) atoms. The molecule has 0 saturated carbocycles. The first-order chi connectivity index (χ1) is 10.6. The molecule has 2 rings (SSSR count). The SMILES string of the molecule is CCC(C)Oc1ccc(C=NNc2nc(C)cs2)cc1OC. The second-order valence-electron chi connectivity index (χ2n) is 4.91. The monoisotopic (exact) mass is 319 g/mol. The van der Waals surface area contributed by atoms with E-state index in [1.807, 2.05) is 37.4 Å². The molecule has 0 bridgehead atoms.